The number of hydrogen-bond donors (Lipinski definition) is 5. The molecule has 1 saturated heterocycles. The van der Waals surface area contributed by atoms with Crippen molar-refractivity contribution >= 4 is 29.5 Å². The van der Waals surface area contributed by atoms with E-state index in [4.69, 9.17) is 0 Å². The summed E-state index contributed by atoms with van der Waals surface area (Å²) in [6.07, 6.45) is 1.60. The summed E-state index contributed by atoms with van der Waals surface area (Å²) < 4.78 is 0. The van der Waals surface area contributed by atoms with Gasteiger partial charge in [-0.05, 0) is 42.9 Å². The molecule has 1 unspecified atom stereocenters. The Balaban J connectivity index is 2.18. The van der Waals surface area contributed by atoms with Gasteiger partial charge < -0.3 is 31.3 Å². The van der Waals surface area contributed by atoms with Crippen molar-refractivity contribution in [2.45, 2.75) is 64.6 Å². The molecular weight excluding hydrogens is 466 g/mol. The van der Waals surface area contributed by atoms with Crippen LogP contribution >= 0.6 is 0 Å². The molecule has 0 bridgehead atoms. The third kappa shape index (κ3) is 8.54. The summed E-state index contributed by atoms with van der Waals surface area (Å²) in [7, 11) is 1.45. The predicted octanol–water partition coefficient (Wildman–Crippen LogP) is -0.176. The first-order valence-corrected chi connectivity index (χ1v) is 12.2. The zero-order valence-electron chi connectivity index (χ0n) is 21.3. The van der Waals surface area contributed by atoms with Crippen LogP contribution in [0.4, 0.5) is 0 Å². The number of benzene rings is 1. The van der Waals surface area contributed by atoms with E-state index in [0.29, 0.717) is 31.4 Å². The highest BCUT2D eigenvalue weighted by Crippen LogP contribution is 2.21. The summed E-state index contributed by atoms with van der Waals surface area (Å²) in [4.78, 5) is 64.1. The van der Waals surface area contributed by atoms with E-state index in [0.717, 1.165) is 0 Å². The van der Waals surface area contributed by atoms with Crippen molar-refractivity contribution in [1.82, 2.24) is 26.2 Å². The Morgan fingerprint density at radius 2 is 1.72 bits per heavy atom. The topological polar surface area (TPSA) is 157 Å². The van der Waals surface area contributed by atoms with Gasteiger partial charge >= 0.3 is 0 Å². The summed E-state index contributed by atoms with van der Waals surface area (Å²) in [5.74, 6) is -1.85. The highest BCUT2D eigenvalue weighted by Gasteiger charge is 2.38. The van der Waals surface area contributed by atoms with Crippen LogP contribution in [0, 0.1) is 5.92 Å². The molecule has 0 aromatic heterocycles. The number of carbonyl (C=O) groups excluding carboxylic acids is 5. The normalized spacial score (nSPS) is 16.7. The highest BCUT2D eigenvalue weighted by atomic mass is 16.3. The van der Waals surface area contributed by atoms with E-state index in [2.05, 4.69) is 21.3 Å². The number of nitrogens with zero attached hydrogens (tertiary/aromatic N) is 1. The van der Waals surface area contributed by atoms with Gasteiger partial charge in [0, 0.05) is 26.9 Å². The molecule has 198 valence electrons. The van der Waals surface area contributed by atoms with Crippen LogP contribution in [-0.4, -0.2) is 77.8 Å². The van der Waals surface area contributed by atoms with E-state index in [-0.39, 0.29) is 42.4 Å². The van der Waals surface area contributed by atoms with Gasteiger partial charge in [-0.1, -0.05) is 26.0 Å². The Hall–Kier alpha value is -3.63. The first-order chi connectivity index (χ1) is 17.0. The van der Waals surface area contributed by atoms with Gasteiger partial charge in [0.15, 0.2) is 0 Å². The van der Waals surface area contributed by atoms with Crippen LogP contribution in [0.25, 0.3) is 0 Å². The van der Waals surface area contributed by atoms with E-state index in [1.807, 2.05) is 13.8 Å². The largest absolute Gasteiger partial charge is 0.508 e. The van der Waals surface area contributed by atoms with Crippen LogP contribution in [0.3, 0.4) is 0 Å². The van der Waals surface area contributed by atoms with E-state index >= 15 is 0 Å². The maximum absolute atomic E-state index is 13.3. The number of likely N-dealkylation sites (tertiary alicyclic amines) is 1. The Morgan fingerprint density at radius 3 is 2.31 bits per heavy atom. The zero-order valence-corrected chi connectivity index (χ0v) is 21.3. The molecule has 0 aliphatic carbocycles. The molecule has 0 spiro atoms. The molecule has 1 aromatic carbocycles. The number of nitrogens with one attached hydrogen (secondary N) is 4. The van der Waals surface area contributed by atoms with Crippen molar-refractivity contribution in [3.05, 3.63) is 29.8 Å². The SMILES string of the molecule is CNC(=O)CNC(=O)[C@H](Cc1ccc(O)cc1)NC(=O)C1CCCN1C(=O)[C@H](CC(C)C)NC(C)=O. The lowest BCUT2D eigenvalue weighted by molar-refractivity contribution is -0.142. The molecule has 1 aliphatic heterocycles. The fourth-order valence-corrected chi connectivity index (χ4v) is 4.17. The Kier molecular flexibility index (Phi) is 10.7. The highest BCUT2D eigenvalue weighted by molar-refractivity contribution is 5.95. The first kappa shape index (κ1) is 28.6. The van der Waals surface area contributed by atoms with Crippen LogP contribution in [0.2, 0.25) is 0 Å². The van der Waals surface area contributed by atoms with Gasteiger partial charge in [0.1, 0.15) is 23.9 Å². The Bertz CT molecular complexity index is 949. The first-order valence-electron chi connectivity index (χ1n) is 12.2. The van der Waals surface area contributed by atoms with Crippen molar-refractivity contribution in [3.8, 4) is 5.75 Å². The third-order valence-electron chi connectivity index (χ3n) is 5.93. The van der Waals surface area contributed by atoms with Gasteiger partial charge in [-0.15, -0.1) is 0 Å². The Morgan fingerprint density at radius 1 is 1.06 bits per heavy atom. The van der Waals surface area contributed by atoms with Crippen LogP contribution in [0.5, 0.6) is 5.75 Å². The van der Waals surface area contributed by atoms with Gasteiger partial charge in [0.05, 0.1) is 6.54 Å². The molecule has 11 nitrogen and oxygen atoms in total. The standard InChI is InChI=1S/C25H37N5O6/c1-15(2)12-20(28-16(3)31)25(36)30-11-5-6-21(30)24(35)29-19(23(34)27-14-22(33)26-4)13-17-7-9-18(32)10-8-17/h7-10,15,19-21,32H,5-6,11-14H2,1-4H3,(H,26,33)(H,27,34)(H,28,31)(H,29,35)/t19-,20-,21?/m0/s1. The molecule has 1 aromatic rings. The van der Waals surface area contributed by atoms with Crippen molar-refractivity contribution < 1.29 is 29.1 Å². The number of phenols is 1. The second kappa shape index (κ2) is 13.5. The number of carbonyl (C=O) groups is 5. The maximum Gasteiger partial charge on any atom is 0.245 e. The average Bonchev–Trinajstić information content (AvgIpc) is 3.31. The molecule has 3 atom stereocenters. The molecule has 0 radical (unpaired) electrons. The minimum Gasteiger partial charge on any atom is -0.508 e. The number of amides is 5. The van der Waals surface area contributed by atoms with E-state index < -0.39 is 29.9 Å². The molecular formula is C25H37N5O6. The predicted molar refractivity (Wildman–Crippen MR) is 133 cm³/mol. The lowest BCUT2D eigenvalue weighted by Gasteiger charge is -2.30. The minimum atomic E-state index is -1.01. The molecule has 2 rings (SSSR count). The van der Waals surface area contributed by atoms with Gasteiger partial charge in [-0.25, -0.2) is 0 Å². The number of hydrogen-bond acceptors (Lipinski definition) is 6. The van der Waals surface area contributed by atoms with Gasteiger partial charge in [0.25, 0.3) is 0 Å². The van der Waals surface area contributed by atoms with Crippen molar-refractivity contribution in [1.29, 1.82) is 0 Å². The summed E-state index contributed by atoms with van der Waals surface area (Å²) in [6.45, 7) is 5.36. The quantitative estimate of drug-likeness (QED) is 0.282. The smallest absolute Gasteiger partial charge is 0.245 e. The molecule has 0 saturated carbocycles. The van der Waals surface area contributed by atoms with Crippen LogP contribution in [0.1, 0.15) is 45.6 Å². The number of aromatic hydroxyl groups is 1. The average molecular weight is 504 g/mol. The monoisotopic (exact) mass is 503 g/mol. The molecule has 36 heavy (non-hydrogen) atoms. The van der Waals surface area contributed by atoms with Crippen molar-refractivity contribution in [2.75, 3.05) is 20.1 Å². The molecule has 5 N–H and O–H groups in total. The lowest BCUT2D eigenvalue weighted by Crippen LogP contribution is -2.57. The van der Waals surface area contributed by atoms with Gasteiger partial charge in [0.2, 0.25) is 29.5 Å². The van der Waals surface area contributed by atoms with E-state index in [1.54, 1.807) is 12.1 Å². The molecule has 1 heterocycles. The lowest BCUT2D eigenvalue weighted by atomic mass is 10.0. The zero-order chi connectivity index (χ0) is 26.8. The summed E-state index contributed by atoms with van der Waals surface area (Å²) in [5, 5.41) is 19.9. The number of rotatable bonds is 11. The minimum absolute atomic E-state index is 0.0682. The molecule has 1 fully saturated rings. The fraction of sp³-hybridized carbons (Fsp3) is 0.560. The van der Waals surface area contributed by atoms with Crippen molar-refractivity contribution in [2.24, 2.45) is 5.92 Å². The van der Waals surface area contributed by atoms with Gasteiger partial charge in [-0.2, -0.15) is 0 Å². The summed E-state index contributed by atoms with van der Waals surface area (Å²) >= 11 is 0. The third-order valence-corrected chi connectivity index (χ3v) is 5.93. The van der Waals surface area contributed by atoms with Crippen molar-refractivity contribution in [3.63, 3.8) is 0 Å². The summed E-state index contributed by atoms with van der Waals surface area (Å²) in [5.41, 5.74) is 0.690. The van der Waals surface area contributed by atoms with Gasteiger partial charge in [-0.3, -0.25) is 24.0 Å². The maximum atomic E-state index is 13.3. The Labute approximate surface area is 211 Å². The van der Waals surface area contributed by atoms with Crippen LogP contribution in [-0.2, 0) is 30.4 Å². The summed E-state index contributed by atoms with van der Waals surface area (Å²) in [6, 6.07) is 3.70. The fourth-order valence-electron chi connectivity index (χ4n) is 4.17. The molecule has 1 aliphatic rings. The van der Waals surface area contributed by atoms with Crippen LogP contribution in [0.15, 0.2) is 24.3 Å². The van der Waals surface area contributed by atoms with E-state index in [9.17, 15) is 29.1 Å². The second-order valence-electron chi connectivity index (χ2n) is 9.40. The van der Waals surface area contributed by atoms with Crippen LogP contribution < -0.4 is 21.3 Å². The second-order valence-corrected chi connectivity index (χ2v) is 9.40. The number of likely N-dealkylation sites (N-methyl/N-ethyl adjacent to an activating group) is 1. The molecule has 11 heteroatoms. The molecule has 5 amide bonds. The van der Waals surface area contributed by atoms with E-state index in [1.165, 1.54) is 31.0 Å². The number of phenolic OH excluding ortho intramolecular Hbond substituents is 1.